The zero-order valence-electron chi connectivity index (χ0n) is 11.0. The lowest BCUT2D eigenvalue weighted by Crippen LogP contribution is -2.36. The van der Waals surface area contributed by atoms with Crippen molar-refractivity contribution >= 4 is 11.4 Å². The molecule has 1 aromatic rings. The van der Waals surface area contributed by atoms with Gasteiger partial charge in [-0.15, -0.1) is 0 Å². The summed E-state index contributed by atoms with van der Waals surface area (Å²) in [6.45, 7) is 3.58. The van der Waals surface area contributed by atoms with Crippen LogP contribution in [0.3, 0.4) is 0 Å². The highest BCUT2D eigenvalue weighted by atomic mass is 16.6. The number of likely N-dealkylation sites (N-methyl/N-ethyl adjacent to an activating group) is 1. The Morgan fingerprint density at radius 3 is 2.56 bits per heavy atom. The molecule has 0 amide bonds. The maximum absolute atomic E-state index is 11.0. The van der Waals surface area contributed by atoms with E-state index in [1.54, 1.807) is 37.9 Å². The van der Waals surface area contributed by atoms with Crippen LogP contribution in [-0.4, -0.2) is 36.3 Å². The molecule has 0 spiro atoms. The second kappa shape index (κ2) is 5.22. The van der Waals surface area contributed by atoms with Gasteiger partial charge in [0.25, 0.3) is 5.69 Å². The molecule has 0 fully saturated rings. The Balaban J connectivity index is 3.14. The van der Waals surface area contributed by atoms with E-state index in [-0.39, 0.29) is 12.2 Å². The predicted molar refractivity (Wildman–Crippen MR) is 69.2 cm³/mol. The summed E-state index contributed by atoms with van der Waals surface area (Å²) in [5.74, 6) is 0.540. The van der Waals surface area contributed by atoms with Crippen molar-refractivity contribution < 1.29 is 14.8 Å². The van der Waals surface area contributed by atoms with Gasteiger partial charge in [-0.2, -0.15) is 0 Å². The van der Waals surface area contributed by atoms with Gasteiger partial charge in [-0.25, -0.2) is 0 Å². The molecule has 18 heavy (non-hydrogen) atoms. The minimum absolute atomic E-state index is 0.0115. The number of benzene rings is 1. The van der Waals surface area contributed by atoms with E-state index >= 15 is 0 Å². The van der Waals surface area contributed by atoms with Crippen LogP contribution in [0.2, 0.25) is 0 Å². The van der Waals surface area contributed by atoms with Crippen LogP contribution in [0.25, 0.3) is 0 Å². The fraction of sp³-hybridized carbons (Fsp3) is 0.500. The third kappa shape index (κ3) is 3.59. The smallest absolute Gasteiger partial charge is 0.292 e. The van der Waals surface area contributed by atoms with Gasteiger partial charge in [-0.3, -0.25) is 10.1 Å². The Bertz CT molecular complexity index is 440. The number of nitro groups is 1. The van der Waals surface area contributed by atoms with Crippen molar-refractivity contribution in [2.45, 2.75) is 19.4 Å². The van der Waals surface area contributed by atoms with Gasteiger partial charge in [0.2, 0.25) is 0 Å². The molecular formula is C12H18N2O4. The van der Waals surface area contributed by atoms with E-state index in [9.17, 15) is 15.2 Å². The molecule has 0 radical (unpaired) electrons. The summed E-state index contributed by atoms with van der Waals surface area (Å²) in [5.41, 5.74) is -0.532. The van der Waals surface area contributed by atoms with Crippen LogP contribution in [0, 0.1) is 10.1 Å². The molecule has 1 rings (SSSR count). The van der Waals surface area contributed by atoms with Gasteiger partial charge in [0.15, 0.2) is 0 Å². The summed E-state index contributed by atoms with van der Waals surface area (Å²) in [6, 6.07) is 4.53. The number of methoxy groups -OCH3 is 1. The number of nitrogens with zero attached hydrogens (tertiary/aromatic N) is 2. The number of aliphatic hydroxyl groups is 1. The highest BCUT2D eigenvalue weighted by Crippen LogP contribution is 2.32. The molecule has 0 aliphatic carbocycles. The van der Waals surface area contributed by atoms with Gasteiger partial charge in [-0.05, 0) is 19.9 Å². The topological polar surface area (TPSA) is 75.8 Å². The largest absolute Gasteiger partial charge is 0.497 e. The normalized spacial score (nSPS) is 11.2. The molecule has 0 aliphatic heterocycles. The first-order valence-corrected chi connectivity index (χ1v) is 5.50. The van der Waals surface area contributed by atoms with Gasteiger partial charge in [0.1, 0.15) is 11.4 Å². The molecule has 6 heteroatoms. The highest BCUT2D eigenvalue weighted by molar-refractivity contribution is 5.65. The van der Waals surface area contributed by atoms with E-state index in [1.165, 1.54) is 13.2 Å². The van der Waals surface area contributed by atoms with Crippen LogP contribution in [0.1, 0.15) is 13.8 Å². The zero-order valence-corrected chi connectivity index (χ0v) is 11.0. The van der Waals surface area contributed by atoms with E-state index in [1.807, 2.05) is 0 Å². The Labute approximate surface area is 106 Å². The van der Waals surface area contributed by atoms with Gasteiger partial charge >= 0.3 is 0 Å². The highest BCUT2D eigenvalue weighted by Gasteiger charge is 2.22. The Morgan fingerprint density at radius 1 is 1.50 bits per heavy atom. The monoisotopic (exact) mass is 254 g/mol. The first kappa shape index (κ1) is 14.2. The molecule has 1 N–H and O–H groups in total. The molecule has 100 valence electrons. The molecule has 0 saturated heterocycles. The van der Waals surface area contributed by atoms with Crippen molar-refractivity contribution in [2.75, 3.05) is 25.6 Å². The van der Waals surface area contributed by atoms with E-state index in [2.05, 4.69) is 0 Å². The molecule has 0 saturated carbocycles. The third-order valence-corrected chi connectivity index (χ3v) is 2.41. The Kier molecular flexibility index (Phi) is 4.13. The fourth-order valence-electron chi connectivity index (χ4n) is 1.76. The minimum atomic E-state index is -0.939. The first-order chi connectivity index (χ1) is 8.24. The Morgan fingerprint density at radius 2 is 2.11 bits per heavy atom. The number of hydrogen-bond acceptors (Lipinski definition) is 5. The minimum Gasteiger partial charge on any atom is -0.497 e. The van der Waals surface area contributed by atoms with Crippen LogP contribution in [0.15, 0.2) is 18.2 Å². The van der Waals surface area contributed by atoms with E-state index in [0.717, 1.165) is 0 Å². The first-order valence-electron chi connectivity index (χ1n) is 5.50. The van der Waals surface area contributed by atoms with Crippen molar-refractivity contribution in [1.82, 2.24) is 0 Å². The summed E-state index contributed by atoms with van der Waals surface area (Å²) in [6.07, 6.45) is 0. The lowest BCUT2D eigenvalue weighted by atomic mass is 10.1. The summed E-state index contributed by atoms with van der Waals surface area (Å²) in [7, 11) is 3.20. The Hall–Kier alpha value is -1.82. The second-order valence-electron chi connectivity index (χ2n) is 4.78. The molecule has 6 nitrogen and oxygen atoms in total. The van der Waals surface area contributed by atoms with Crippen LogP contribution in [-0.2, 0) is 0 Å². The van der Waals surface area contributed by atoms with E-state index in [0.29, 0.717) is 11.4 Å². The van der Waals surface area contributed by atoms with Crippen LogP contribution >= 0.6 is 0 Å². The number of hydrogen-bond donors (Lipinski definition) is 1. The van der Waals surface area contributed by atoms with Crippen LogP contribution < -0.4 is 9.64 Å². The molecule has 0 bridgehead atoms. The van der Waals surface area contributed by atoms with Gasteiger partial charge in [0.05, 0.1) is 17.6 Å². The molecule has 0 unspecified atom stereocenters. The maximum Gasteiger partial charge on any atom is 0.292 e. The lowest BCUT2D eigenvalue weighted by Gasteiger charge is -2.27. The number of ether oxygens (including phenoxy) is 1. The van der Waals surface area contributed by atoms with Gasteiger partial charge < -0.3 is 14.7 Å². The maximum atomic E-state index is 11.0. The van der Waals surface area contributed by atoms with E-state index < -0.39 is 10.5 Å². The SMILES string of the molecule is COc1ccc([N+](=O)[O-])c(N(C)CC(C)(C)O)c1. The summed E-state index contributed by atoms with van der Waals surface area (Å²) >= 11 is 0. The van der Waals surface area contributed by atoms with Crippen LogP contribution in [0.4, 0.5) is 11.4 Å². The second-order valence-corrected chi connectivity index (χ2v) is 4.78. The standard InChI is InChI=1S/C12H18N2O4/c1-12(2,15)8-13(3)11-7-9(18-4)5-6-10(11)14(16)17/h5-7,15H,8H2,1-4H3. The average Bonchev–Trinajstić information content (AvgIpc) is 2.25. The average molecular weight is 254 g/mol. The number of anilines is 1. The summed E-state index contributed by atoms with van der Waals surface area (Å²) < 4.78 is 5.06. The van der Waals surface area contributed by atoms with Crippen molar-refractivity contribution in [3.8, 4) is 5.75 Å². The molecule has 0 heterocycles. The summed E-state index contributed by atoms with van der Waals surface area (Å²) in [5, 5.41) is 20.7. The van der Waals surface area contributed by atoms with Crippen molar-refractivity contribution in [3.63, 3.8) is 0 Å². The van der Waals surface area contributed by atoms with Crippen LogP contribution in [0.5, 0.6) is 5.75 Å². The molecule has 0 atom stereocenters. The third-order valence-electron chi connectivity index (χ3n) is 2.41. The molecular weight excluding hydrogens is 236 g/mol. The zero-order chi connectivity index (χ0) is 13.9. The van der Waals surface area contributed by atoms with Gasteiger partial charge in [-0.1, -0.05) is 0 Å². The van der Waals surface area contributed by atoms with Gasteiger partial charge in [0, 0.05) is 25.7 Å². The van der Waals surface area contributed by atoms with Crippen molar-refractivity contribution in [2.24, 2.45) is 0 Å². The van der Waals surface area contributed by atoms with Crippen molar-refractivity contribution in [3.05, 3.63) is 28.3 Å². The molecule has 0 aliphatic rings. The van der Waals surface area contributed by atoms with Crippen molar-refractivity contribution in [1.29, 1.82) is 0 Å². The predicted octanol–water partition coefficient (Wildman–Crippen LogP) is 1.81. The summed E-state index contributed by atoms with van der Waals surface area (Å²) in [4.78, 5) is 12.2. The fourth-order valence-corrected chi connectivity index (χ4v) is 1.76. The quantitative estimate of drug-likeness (QED) is 0.640. The van der Waals surface area contributed by atoms with E-state index in [4.69, 9.17) is 4.74 Å². The lowest BCUT2D eigenvalue weighted by molar-refractivity contribution is -0.384. The number of nitro benzene ring substituents is 1. The molecule has 1 aromatic carbocycles. The molecule has 0 aromatic heterocycles. The number of rotatable bonds is 5.